The van der Waals surface area contributed by atoms with Crippen LogP contribution in [0.15, 0.2) is 18.2 Å². The van der Waals surface area contributed by atoms with Gasteiger partial charge < -0.3 is 15.0 Å². The minimum atomic E-state index is 0.749. The fourth-order valence-corrected chi connectivity index (χ4v) is 3.60. The molecule has 0 amide bonds. The van der Waals surface area contributed by atoms with E-state index in [0.29, 0.717) is 0 Å². The highest BCUT2D eigenvalue weighted by molar-refractivity contribution is 5.33. The summed E-state index contributed by atoms with van der Waals surface area (Å²) in [7, 11) is 0. The number of hydrogen-bond acceptors (Lipinski definition) is 3. The monoisotopic (exact) mass is 288 g/mol. The van der Waals surface area contributed by atoms with E-state index < -0.39 is 0 Å². The van der Waals surface area contributed by atoms with Gasteiger partial charge in [0, 0.05) is 25.7 Å². The van der Waals surface area contributed by atoms with Crippen molar-refractivity contribution in [1.29, 1.82) is 0 Å². The molecule has 2 heterocycles. The zero-order valence-electron chi connectivity index (χ0n) is 13.4. The Hall–Kier alpha value is -1.06. The van der Waals surface area contributed by atoms with E-state index in [-0.39, 0.29) is 0 Å². The van der Waals surface area contributed by atoms with Gasteiger partial charge in [-0.3, -0.25) is 0 Å². The molecule has 0 spiro atoms. The first-order valence-electron chi connectivity index (χ1n) is 8.38. The van der Waals surface area contributed by atoms with Gasteiger partial charge in [0.25, 0.3) is 0 Å². The Balaban J connectivity index is 1.37. The van der Waals surface area contributed by atoms with Gasteiger partial charge in [0.15, 0.2) is 0 Å². The van der Waals surface area contributed by atoms with Crippen molar-refractivity contribution >= 4 is 0 Å². The molecule has 2 aliphatic rings. The van der Waals surface area contributed by atoms with Crippen LogP contribution in [0.5, 0.6) is 5.75 Å². The first-order valence-corrected chi connectivity index (χ1v) is 8.38. The van der Waals surface area contributed by atoms with E-state index in [9.17, 15) is 0 Å². The molecule has 0 radical (unpaired) electrons. The Kier molecular flexibility index (Phi) is 4.81. The van der Waals surface area contributed by atoms with Crippen molar-refractivity contribution in [3.63, 3.8) is 0 Å². The van der Waals surface area contributed by atoms with Gasteiger partial charge >= 0.3 is 0 Å². The largest absolute Gasteiger partial charge is 0.494 e. The van der Waals surface area contributed by atoms with Crippen LogP contribution in [-0.4, -0.2) is 43.7 Å². The van der Waals surface area contributed by atoms with Gasteiger partial charge in [0.1, 0.15) is 5.75 Å². The minimum absolute atomic E-state index is 0.749. The number of hydrogen-bond donors (Lipinski definition) is 1. The molecule has 1 N–H and O–H groups in total. The molecule has 0 saturated carbocycles. The van der Waals surface area contributed by atoms with E-state index in [1.165, 1.54) is 50.1 Å². The van der Waals surface area contributed by atoms with Crippen LogP contribution in [0.2, 0.25) is 0 Å². The molecule has 3 rings (SSSR count). The van der Waals surface area contributed by atoms with Crippen molar-refractivity contribution in [3.05, 3.63) is 29.3 Å². The van der Waals surface area contributed by atoms with Gasteiger partial charge in [-0.25, -0.2) is 0 Å². The fraction of sp³-hybridized carbons (Fsp3) is 0.667. The standard InChI is InChI=1S/C18H28N2O/c1-14-6-7-17(11-15(14)2)21-10-4-9-20-12-16-5-3-8-19-18(16)13-20/h6-7,11,16,18-19H,3-5,8-10,12-13H2,1-2H3. The van der Waals surface area contributed by atoms with E-state index in [1.54, 1.807) is 0 Å². The summed E-state index contributed by atoms with van der Waals surface area (Å²) < 4.78 is 5.88. The maximum atomic E-state index is 5.88. The van der Waals surface area contributed by atoms with E-state index in [2.05, 4.69) is 42.3 Å². The van der Waals surface area contributed by atoms with Crippen molar-refractivity contribution in [2.45, 2.75) is 39.2 Å². The third-order valence-corrected chi connectivity index (χ3v) is 5.04. The summed E-state index contributed by atoms with van der Waals surface area (Å²) in [5.41, 5.74) is 2.64. The summed E-state index contributed by atoms with van der Waals surface area (Å²) in [6, 6.07) is 7.11. The van der Waals surface area contributed by atoms with Crippen LogP contribution in [0.3, 0.4) is 0 Å². The Labute approximate surface area is 128 Å². The number of rotatable bonds is 5. The zero-order chi connectivity index (χ0) is 14.7. The summed E-state index contributed by atoms with van der Waals surface area (Å²) in [5.74, 6) is 1.90. The lowest BCUT2D eigenvalue weighted by atomic mass is 9.94. The molecule has 2 aliphatic heterocycles. The van der Waals surface area contributed by atoms with Gasteiger partial charge in [-0.05, 0) is 68.8 Å². The molecule has 0 bridgehead atoms. The van der Waals surface area contributed by atoms with Gasteiger partial charge in [0.2, 0.25) is 0 Å². The van der Waals surface area contributed by atoms with Crippen LogP contribution in [0.4, 0.5) is 0 Å². The Morgan fingerprint density at radius 2 is 2.14 bits per heavy atom. The maximum Gasteiger partial charge on any atom is 0.119 e. The Morgan fingerprint density at radius 1 is 1.24 bits per heavy atom. The van der Waals surface area contributed by atoms with Crippen molar-refractivity contribution in [2.24, 2.45) is 5.92 Å². The number of ether oxygens (including phenoxy) is 1. The molecular formula is C18H28N2O. The molecule has 2 fully saturated rings. The Morgan fingerprint density at radius 3 is 2.95 bits per heavy atom. The van der Waals surface area contributed by atoms with E-state index in [4.69, 9.17) is 4.74 Å². The fourth-order valence-electron chi connectivity index (χ4n) is 3.60. The predicted octanol–water partition coefficient (Wildman–Crippen LogP) is 2.76. The van der Waals surface area contributed by atoms with Crippen LogP contribution in [0.25, 0.3) is 0 Å². The van der Waals surface area contributed by atoms with Gasteiger partial charge in [-0.2, -0.15) is 0 Å². The molecule has 0 aliphatic carbocycles. The number of benzene rings is 1. The summed E-state index contributed by atoms with van der Waals surface area (Å²) >= 11 is 0. The highest BCUT2D eigenvalue weighted by atomic mass is 16.5. The molecule has 21 heavy (non-hydrogen) atoms. The van der Waals surface area contributed by atoms with E-state index >= 15 is 0 Å². The quantitative estimate of drug-likeness (QED) is 0.843. The van der Waals surface area contributed by atoms with Crippen LogP contribution in [0.1, 0.15) is 30.4 Å². The van der Waals surface area contributed by atoms with Crippen LogP contribution in [-0.2, 0) is 0 Å². The molecule has 1 aromatic rings. The molecule has 3 nitrogen and oxygen atoms in total. The number of fused-ring (bicyclic) bond motifs is 1. The predicted molar refractivity (Wildman–Crippen MR) is 87.0 cm³/mol. The molecule has 3 heteroatoms. The highest BCUT2D eigenvalue weighted by Gasteiger charge is 2.33. The van der Waals surface area contributed by atoms with E-state index in [0.717, 1.165) is 30.7 Å². The van der Waals surface area contributed by atoms with E-state index in [1.807, 2.05) is 0 Å². The summed E-state index contributed by atoms with van der Waals surface area (Å²) in [6.07, 6.45) is 3.88. The second-order valence-electron chi connectivity index (χ2n) is 6.67. The molecule has 2 saturated heterocycles. The van der Waals surface area contributed by atoms with Gasteiger partial charge in [0.05, 0.1) is 6.61 Å². The summed E-state index contributed by atoms with van der Waals surface area (Å²) in [5, 5.41) is 3.67. The molecule has 116 valence electrons. The van der Waals surface area contributed by atoms with Gasteiger partial charge in [-0.15, -0.1) is 0 Å². The third kappa shape index (κ3) is 3.78. The number of nitrogens with zero attached hydrogens (tertiary/aromatic N) is 1. The number of piperidine rings is 1. The lowest BCUT2D eigenvalue weighted by Gasteiger charge is -2.24. The Bertz CT molecular complexity index is 460. The van der Waals surface area contributed by atoms with Crippen LogP contribution >= 0.6 is 0 Å². The molecule has 2 atom stereocenters. The maximum absolute atomic E-state index is 5.88. The van der Waals surface area contributed by atoms with Crippen molar-refractivity contribution in [3.8, 4) is 5.75 Å². The van der Waals surface area contributed by atoms with Crippen molar-refractivity contribution in [2.75, 3.05) is 32.8 Å². The molecule has 0 aromatic heterocycles. The SMILES string of the molecule is Cc1ccc(OCCCN2CC3CCCNC3C2)cc1C. The average molecular weight is 288 g/mol. The smallest absolute Gasteiger partial charge is 0.119 e. The number of nitrogens with one attached hydrogen (secondary N) is 1. The van der Waals surface area contributed by atoms with Crippen LogP contribution in [0, 0.1) is 19.8 Å². The normalized spacial score (nSPS) is 25.8. The first-order chi connectivity index (χ1) is 10.2. The second-order valence-corrected chi connectivity index (χ2v) is 6.67. The lowest BCUT2D eigenvalue weighted by molar-refractivity contribution is 0.257. The molecule has 2 unspecified atom stereocenters. The number of aryl methyl sites for hydroxylation is 2. The second kappa shape index (κ2) is 6.80. The zero-order valence-corrected chi connectivity index (χ0v) is 13.4. The highest BCUT2D eigenvalue weighted by Crippen LogP contribution is 2.24. The van der Waals surface area contributed by atoms with Crippen molar-refractivity contribution in [1.82, 2.24) is 10.2 Å². The lowest BCUT2D eigenvalue weighted by Crippen LogP contribution is -2.40. The third-order valence-electron chi connectivity index (χ3n) is 5.04. The minimum Gasteiger partial charge on any atom is -0.494 e. The topological polar surface area (TPSA) is 24.5 Å². The average Bonchev–Trinajstić information content (AvgIpc) is 2.90. The molecule has 1 aromatic carbocycles. The summed E-state index contributed by atoms with van der Waals surface area (Å²) in [6.45, 7) is 9.99. The number of likely N-dealkylation sites (tertiary alicyclic amines) is 1. The van der Waals surface area contributed by atoms with Gasteiger partial charge in [-0.1, -0.05) is 6.07 Å². The first kappa shape index (κ1) is 14.9. The molecular weight excluding hydrogens is 260 g/mol. The summed E-state index contributed by atoms with van der Waals surface area (Å²) in [4.78, 5) is 2.61. The van der Waals surface area contributed by atoms with Crippen molar-refractivity contribution < 1.29 is 4.74 Å². The van der Waals surface area contributed by atoms with Crippen LogP contribution < -0.4 is 10.1 Å².